The Balaban J connectivity index is 0.000000561. The van der Waals surface area contributed by atoms with E-state index in [2.05, 4.69) is 30.4 Å². The second-order valence-corrected chi connectivity index (χ2v) is 4.73. The summed E-state index contributed by atoms with van der Waals surface area (Å²) in [5.74, 6) is 0.0990. The van der Waals surface area contributed by atoms with Crippen LogP contribution in [0.15, 0.2) is 48.5 Å². The molecule has 1 aliphatic rings. The van der Waals surface area contributed by atoms with Gasteiger partial charge in [0.1, 0.15) is 0 Å². The van der Waals surface area contributed by atoms with Gasteiger partial charge in [-0.1, -0.05) is 76.2 Å². The van der Waals surface area contributed by atoms with Crippen molar-refractivity contribution >= 4 is 5.91 Å². The van der Waals surface area contributed by atoms with Gasteiger partial charge in [-0.15, -0.1) is 0 Å². The largest absolute Gasteiger partial charge is 0.345 e. The summed E-state index contributed by atoms with van der Waals surface area (Å²) in [5, 5.41) is 3.09. The number of carbonyl (C=O) groups excluding carboxylic acids is 1. The summed E-state index contributed by atoms with van der Waals surface area (Å²) in [5.41, 5.74) is 4.73. The van der Waals surface area contributed by atoms with Crippen LogP contribution in [0, 0.1) is 6.92 Å². The van der Waals surface area contributed by atoms with Crippen molar-refractivity contribution in [3.63, 3.8) is 0 Å². The van der Waals surface area contributed by atoms with Crippen LogP contribution in [-0.2, 0) is 11.2 Å². The predicted octanol–water partition coefficient (Wildman–Crippen LogP) is 4.81. The minimum absolute atomic E-state index is 0.0105. The molecule has 2 aromatic carbocycles. The van der Waals surface area contributed by atoms with Crippen molar-refractivity contribution in [3.05, 3.63) is 70.8 Å². The van der Waals surface area contributed by atoms with Crippen LogP contribution in [0.2, 0.25) is 0 Å². The maximum absolute atomic E-state index is 11.8. The first-order valence-corrected chi connectivity index (χ1v) is 8.18. The van der Waals surface area contributed by atoms with Gasteiger partial charge in [0.15, 0.2) is 0 Å². The molecule has 0 aliphatic carbocycles. The fourth-order valence-electron chi connectivity index (χ4n) is 2.60. The summed E-state index contributed by atoms with van der Waals surface area (Å²) in [6.07, 6.45) is 0.485. The molecule has 1 N–H and O–H groups in total. The van der Waals surface area contributed by atoms with E-state index in [4.69, 9.17) is 0 Å². The average molecular weight is 297 g/mol. The number of carbonyl (C=O) groups is 1. The second kappa shape index (κ2) is 9.04. The van der Waals surface area contributed by atoms with Crippen LogP contribution in [0.5, 0.6) is 0 Å². The van der Waals surface area contributed by atoms with Crippen LogP contribution in [0.4, 0.5) is 0 Å². The molecule has 0 saturated carbocycles. The van der Waals surface area contributed by atoms with Crippen molar-refractivity contribution in [1.29, 1.82) is 0 Å². The van der Waals surface area contributed by atoms with Crippen LogP contribution in [0.3, 0.4) is 0 Å². The molecule has 0 fully saturated rings. The van der Waals surface area contributed by atoms with Gasteiger partial charge in [0.25, 0.3) is 0 Å². The Kier molecular flexibility index (Phi) is 7.38. The van der Waals surface area contributed by atoms with E-state index in [0.29, 0.717) is 6.42 Å². The highest BCUT2D eigenvalue weighted by molar-refractivity contribution is 5.82. The van der Waals surface area contributed by atoms with Crippen molar-refractivity contribution in [2.75, 3.05) is 0 Å². The van der Waals surface area contributed by atoms with Gasteiger partial charge in [-0.2, -0.15) is 0 Å². The number of hydrogen-bond acceptors (Lipinski definition) is 1. The second-order valence-electron chi connectivity index (χ2n) is 4.73. The van der Waals surface area contributed by atoms with Crippen LogP contribution in [0.1, 0.15) is 56.0 Å². The maximum Gasteiger partial charge on any atom is 0.225 e. The molecule has 0 radical (unpaired) electrons. The highest BCUT2D eigenvalue weighted by Gasteiger charge is 2.25. The Labute approximate surface area is 134 Å². The third-order valence-corrected chi connectivity index (χ3v) is 3.52. The molecular weight excluding hydrogens is 270 g/mol. The molecule has 22 heavy (non-hydrogen) atoms. The fourth-order valence-corrected chi connectivity index (χ4v) is 2.60. The van der Waals surface area contributed by atoms with Gasteiger partial charge in [0, 0.05) is 0 Å². The summed E-state index contributed by atoms with van der Waals surface area (Å²) in [6.45, 7) is 10.1. The van der Waals surface area contributed by atoms with Gasteiger partial charge in [-0.25, -0.2) is 0 Å². The van der Waals surface area contributed by atoms with Gasteiger partial charge < -0.3 is 5.32 Å². The molecule has 118 valence electrons. The lowest BCUT2D eigenvalue weighted by molar-refractivity contribution is -0.121. The van der Waals surface area contributed by atoms with Crippen molar-refractivity contribution in [2.24, 2.45) is 0 Å². The smallest absolute Gasteiger partial charge is 0.225 e. The number of benzene rings is 2. The molecule has 0 bridgehead atoms. The van der Waals surface area contributed by atoms with Gasteiger partial charge in [0.2, 0.25) is 5.91 Å². The molecule has 1 atom stereocenters. The van der Waals surface area contributed by atoms with Gasteiger partial charge >= 0.3 is 0 Å². The van der Waals surface area contributed by atoms with E-state index >= 15 is 0 Å². The first-order chi connectivity index (χ1) is 10.8. The van der Waals surface area contributed by atoms with E-state index in [1.807, 2.05) is 58.0 Å². The zero-order chi connectivity index (χ0) is 16.5. The standard InChI is InChI=1S/C16H15NO.2C2H6/c1-11-6-2-4-8-13(11)16-14-9-5-3-7-12(14)10-15(18)17-16;2*1-2/h2-9,16H,10H2,1H3,(H,17,18);2*1-2H3. The summed E-state index contributed by atoms with van der Waals surface area (Å²) in [6, 6.07) is 16.4. The molecule has 0 aromatic heterocycles. The first-order valence-electron chi connectivity index (χ1n) is 8.18. The van der Waals surface area contributed by atoms with Gasteiger partial charge in [-0.05, 0) is 29.2 Å². The van der Waals surface area contributed by atoms with Crippen LogP contribution in [-0.4, -0.2) is 5.91 Å². The van der Waals surface area contributed by atoms with Crippen LogP contribution >= 0.6 is 0 Å². The SMILES string of the molecule is CC.CC.Cc1ccccc1C1NC(=O)Cc2ccccc21. The third kappa shape index (κ3) is 3.97. The number of fused-ring (bicyclic) bond motifs is 1. The Morgan fingerprint density at radius 2 is 1.41 bits per heavy atom. The van der Waals surface area contributed by atoms with E-state index in [-0.39, 0.29) is 11.9 Å². The first kappa shape index (κ1) is 18.0. The van der Waals surface area contributed by atoms with Crippen molar-refractivity contribution in [3.8, 4) is 0 Å². The molecule has 2 aromatic rings. The van der Waals surface area contributed by atoms with E-state index in [9.17, 15) is 4.79 Å². The zero-order valence-electron chi connectivity index (χ0n) is 14.3. The topological polar surface area (TPSA) is 29.1 Å². The molecule has 2 nitrogen and oxygen atoms in total. The Morgan fingerprint density at radius 1 is 0.864 bits per heavy atom. The summed E-state index contributed by atoms with van der Waals surface area (Å²) < 4.78 is 0. The van der Waals surface area contributed by atoms with Gasteiger partial charge in [-0.3, -0.25) is 4.79 Å². The highest BCUT2D eigenvalue weighted by Crippen LogP contribution is 2.30. The normalized spacial score (nSPS) is 15.3. The molecule has 1 unspecified atom stereocenters. The summed E-state index contributed by atoms with van der Waals surface area (Å²) in [4.78, 5) is 11.8. The number of amides is 1. The minimum atomic E-state index is -0.0105. The highest BCUT2D eigenvalue weighted by atomic mass is 16.1. The minimum Gasteiger partial charge on any atom is -0.345 e. The Morgan fingerprint density at radius 3 is 2.05 bits per heavy atom. The monoisotopic (exact) mass is 297 g/mol. The summed E-state index contributed by atoms with van der Waals surface area (Å²) >= 11 is 0. The lowest BCUT2D eigenvalue weighted by Crippen LogP contribution is -2.36. The molecule has 2 heteroatoms. The summed E-state index contributed by atoms with van der Waals surface area (Å²) in [7, 11) is 0. The van der Waals surface area contributed by atoms with Crippen molar-refractivity contribution in [1.82, 2.24) is 5.32 Å². The third-order valence-electron chi connectivity index (χ3n) is 3.52. The molecule has 3 rings (SSSR count). The van der Waals surface area contributed by atoms with Gasteiger partial charge in [0.05, 0.1) is 12.5 Å². The predicted molar refractivity (Wildman–Crippen MR) is 94.0 cm³/mol. The number of nitrogens with one attached hydrogen (secondary N) is 1. The molecule has 0 spiro atoms. The van der Waals surface area contributed by atoms with E-state index < -0.39 is 0 Å². The molecule has 1 heterocycles. The van der Waals surface area contributed by atoms with Crippen LogP contribution < -0.4 is 5.32 Å². The molecule has 0 saturated heterocycles. The zero-order valence-corrected chi connectivity index (χ0v) is 14.3. The number of aryl methyl sites for hydroxylation is 1. The van der Waals surface area contributed by atoms with Crippen molar-refractivity contribution < 1.29 is 4.79 Å². The maximum atomic E-state index is 11.8. The lowest BCUT2D eigenvalue weighted by Gasteiger charge is -2.28. The van der Waals surface area contributed by atoms with Crippen molar-refractivity contribution in [2.45, 2.75) is 47.1 Å². The molecular formula is C20H27NO. The number of rotatable bonds is 1. The van der Waals surface area contributed by atoms with Crippen LogP contribution in [0.25, 0.3) is 0 Å². The Hall–Kier alpha value is -2.09. The Bertz CT molecular complexity index is 604. The van der Waals surface area contributed by atoms with E-state index in [1.165, 1.54) is 16.7 Å². The van der Waals surface area contributed by atoms with E-state index in [1.54, 1.807) is 0 Å². The fraction of sp³-hybridized carbons (Fsp3) is 0.350. The molecule has 1 amide bonds. The number of hydrogen-bond donors (Lipinski definition) is 1. The quantitative estimate of drug-likeness (QED) is 0.804. The molecule has 1 aliphatic heterocycles. The van der Waals surface area contributed by atoms with E-state index in [0.717, 1.165) is 5.56 Å². The lowest BCUT2D eigenvalue weighted by atomic mass is 9.88. The average Bonchev–Trinajstić information content (AvgIpc) is 2.58.